The highest BCUT2D eigenvalue weighted by atomic mass is 16.6. The van der Waals surface area contributed by atoms with Gasteiger partial charge in [-0.05, 0) is 44.5 Å². The molecule has 1 aromatic heterocycles. The molecule has 0 unspecified atom stereocenters. The highest BCUT2D eigenvalue weighted by Gasteiger charge is 2.21. The number of rotatable bonds is 7. The predicted molar refractivity (Wildman–Crippen MR) is 85.6 cm³/mol. The van der Waals surface area contributed by atoms with Crippen molar-refractivity contribution >= 4 is 17.8 Å². The van der Waals surface area contributed by atoms with Crippen LogP contribution >= 0.6 is 0 Å². The Morgan fingerprint density at radius 3 is 2.57 bits per heavy atom. The predicted octanol–water partition coefficient (Wildman–Crippen LogP) is 3.86. The molecule has 0 amide bonds. The van der Waals surface area contributed by atoms with Gasteiger partial charge in [0.1, 0.15) is 0 Å². The standard InChI is InChI=1S/C16H18N2O5/c1-4-21-13-8-6-12(10-15(13)22-5-2)7-9-14-16(18(19)20)11(3)17-23-14/h6-10H,4-5H2,1-3H3/b9-7+. The van der Waals surface area contributed by atoms with Gasteiger partial charge < -0.3 is 14.0 Å². The van der Waals surface area contributed by atoms with E-state index in [-0.39, 0.29) is 17.1 Å². The van der Waals surface area contributed by atoms with Gasteiger partial charge in [0.05, 0.1) is 18.1 Å². The third kappa shape index (κ3) is 3.88. The van der Waals surface area contributed by atoms with Gasteiger partial charge in [0, 0.05) is 0 Å². The SMILES string of the molecule is CCOc1ccc(/C=C/c2onc(C)c2[N+](=O)[O-])cc1OCC. The first-order valence-electron chi connectivity index (χ1n) is 7.25. The molecule has 122 valence electrons. The molecule has 0 atom stereocenters. The minimum Gasteiger partial charge on any atom is -0.490 e. The molecule has 1 aromatic carbocycles. The van der Waals surface area contributed by atoms with E-state index in [1.165, 1.54) is 13.0 Å². The van der Waals surface area contributed by atoms with E-state index in [4.69, 9.17) is 14.0 Å². The van der Waals surface area contributed by atoms with Crippen molar-refractivity contribution in [2.45, 2.75) is 20.8 Å². The van der Waals surface area contributed by atoms with Crippen LogP contribution in [-0.2, 0) is 0 Å². The average Bonchev–Trinajstić information content (AvgIpc) is 2.89. The second kappa shape index (κ2) is 7.44. The van der Waals surface area contributed by atoms with E-state index in [1.807, 2.05) is 19.9 Å². The van der Waals surface area contributed by atoms with Crippen LogP contribution in [0, 0.1) is 17.0 Å². The molecule has 7 heteroatoms. The molecule has 1 heterocycles. The Bertz CT molecular complexity index is 721. The van der Waals surface area contributed by atoms with Gasteiger partial charge in [0.15, 0.2) is 17.2 Å². The van der Waals surface area contributed by atoms with Crippen molar-refractivity contribution < 1.29 is 18.9 Å². The van der Waals surface area contributed by atoms with Gasteiger partial charge in [0.25, 0.3) is 0 Å². The van der Waals surface area contributed by atoms with Crippen molar-refractivity contribution in [3.05, 3.63) is 45.3 Å². The highest BCUT2D eigenvalue weighted by Crippen LogP contribution is 2.30. The Hall–Kier alpha value is -2.83. The first-order chi connectivity index (χ1) is 11.1. The summed E-state index contributed by atoms with van der Waals surface area (Å²) >= 11 is 0. The quantitative estimate of drug-likeness (QED) is 0.569. The summed E-state index contributed by atoms with van der Waals surface area (Å²) in [6.07, 6.45) is 3.22. The molecule has 0 aliphatic carbocycles. The van der Waals surface area contributed by atoms with Gasteiger partial charge in [-0.15, -0.1) is 0 Å². The number of nitro groups is 1. The molecular formula is C16H18N2O5. The third-order valence-electron chi connectivity index (χ3n) is 3.03. The van der Waals surface area contributed by atoms with E-state index in [2.05, 4.69) is 5.16 Å². The van der Waals surface area contributed by atoms with Gasteiger partial charge in [-0.1, -0.05) is 17.3 Å². The normalized spacial score (nSPS) is 10.9. The lowest BCUT2D eigenvalue weighted by molar-refractivity contribution is -0.386. The number of hydrogen-bond donors (Lipinski definition) is 0. The summed E-state index contributed by atoms with van der Waals surface area (Å²) in [6.45, 7) is 6.37. The van der Waals surface area contributed by atoms with E-state index in [9.17, 15) is 10.1 Å². The largest absolute Gasteiger partial charge is 0.490 e. The Morgan fingerprint density at radius 1 is 1.22 bits per heavy atom. The molecule has 0 fully saturated rings. The zero-order chi connectivity index (χ0) is 16.8. The van der Waals surface area contributed by atoms with E-state index in [1.54, 1.807) is 18.2 Å². The maximum atomic E-state index is 11.0. The molecule has 0 spiro atoms. The molecule has 2 rings (SSSR count). The van der Waals surface area contributed by atoms with Gasteiger partial charge in [-0.3, -0.25) is 10.1 Å². The lowest BCUT2D eigenvalue weighted by Gasteiger charge is -2.11. The molecule has 0 saturated heterocycles. The molecule has 0 aliphatic heterocycles. The number of hydrogen-bond acceptors (Lipinski definition) is 6. The number of aromatic nitrogens is 1. The van der Waals surface area contributed by atoms with Crippen molar-refractivity contribution in [3.63, 3.8) is 0 Å². The van der Waals surface area contributed by atoms with Crippen LogP contribution in [0.3, 0.4) is 0 Å². The molecule has 0 N–H and O–H groups in total. The number of aryl methyl sites for hydroxylation is 1. The third-order valence-corrected chi connectivity index (χ3v) is 3.03. The smallest absolute Gasteiger partial charge is 0.338 e. The van der Waals surface area contributed by atoms with Gasteiger partial charge in [-0.2, -0.15) is 0 Å². The number of nitrogens with zero attached hydrogens (tertiary/aromatic N) is 2. The fraction of sp³-hybridized carbons (Fsp3) is 0.312. The monoisotopic (exact) mass is 318 g/mol. The van der Waals surface area contributed by atoms with Crippen LogP contribution in [0.1, 0.15) is 30.9 Å². The molecule has 2 aromatic rings. The highest BCUT2D eigenvalue weighted by molar-refractivity contribution is 5.72. The summed E-state index contributed by atoms with van der Waals surface area (Å²) < 4.78 is 16.0. The van der Waals surface area contributed by atoms with Gasteiger partial charge in [-0.25, -0.2) is 0 Å². The molecule has 0 saturated carbocycles. The first-order valence-corrected chi connectivity index (χ1v) is 7.25. The van der Waals surface area contributed by atoms with Crippen LogP contribution in [0.25, 0.3) is 12.2 Å². The Morgan fingerprint density at radius 2 is 1.91 bits per heavy atom. The van der Waals surface area contributed by atoms with E-state index < -0.39 is 4.92 Å². The van der Waals surface area contributed by atoms with Crippen LogP contribution in [0.5, 0.6) is 11.5 Å². The van der Waals surface area contributed by atoms with Crippen molar-refractivity contribution in [2.75, 3.05) is 13.2 Å². The lowest BCUT2D eigenvalue weighted by Crippen LogP contribution is -1.98. The second-order valence-corrected chi connectivity index (χ2v) is 4.64. The van der Waals surface area contributed by atoms with E-state index >= 15 is 0 Å². The maximum Gasteiger partial charge on any atom is 0.338 e. The summed E-state index contributed by atoms with van der Waals surface area (Å²) in [6, 6.07) is 5.44. The van der Waals surface area contributed by atoms with E-state index in [0.29, 0.717) is 24.7 Å². The molecule has 7 nitrogen and oxygen atoms in total. The minimum atomic E-state index is -0.505. The first kappa shape index (κ1) is 16.5. The zero-order valence-electron chi connectivity index (χ0n) is 13.2. The van der Waals surface area contributed by atoms with Crippen molar-refractivity contribution in [1.82, 2.24) is 5.16 Å². The summed E-state index contributed by atoms with van der Waals surface area (Å²) in [7, 11) is 0. The maximum absolute atomic E-state index is 11.0. The summed E-state index contributed by atoms with van der Waals surface area (Å²) in [5, 5.41) is 14.6. The van der Waals surface area contributed by atoms with Crippen LogP contribution in [0.2, 0.25) is 0 Å². The fourth-order valence-corrected chi connectivity index (χ4v) is 2.06. The van der Waals surface area contributed by atoms with Gasteiger partial charge >= 0.3 is 5.69 Å². The van der Waals surface area contributed by atoms with Crippen LogP contribution in [0.4, 0.5) is 5.69 Å². The Balaban J connectivity index is 2.29. The molecule has 0 radical (unpaired) electrons. The van der Waals surface area contributed by atoms with Gasteiger partial charge in [0.2, 0.25) is 5.76 Å². The minimum absolute atomic E-state index is 0.111. The number of ether oxygens (including phenoxy) is 2. The molecule has 23 heavy (non-hydrogen) atoms. The van der Waals surface area contributed by atoms with E-state index in [0.717, 1.165) is 5.56 Å². The second-order valence-electron chi connectivity index (χ2n) is 4.64. The Kier molecular flexibility index (Phi) is 5.35. The lowest BCUT2D eigenvalue weighted by atomic mass is 10.1. The van der Waals surface area contributed by atoms with Crippen LogP contribution in [0.15, 0.2) is 22.7 Å². The average molecular weight is 318 g/mol. The van der Waals surface area contributed by atoms with Crippen molar-refractivity contribution in [1.29, 1.82) is 0 Å². The number of benzene rings is 1. The van der Waals surface area contributed by atoms with Crippen molar-refractivity contribution in [2.24, 2.45) is 0 Å². The summed E-state index contributed by atoms with van der Waals surface area (Å²) in [4.78, 5) is 10.5. The van der Waals surface area contributed by atoms with Crippen molar-refractivity contribution in [3.8, 4) is 11.5 Å². The summed E-state index contributed by atoms with van der Waals surface area (Å²) in [5.74, 6) is 1.40. The van der Waals surface area contributed by atoms with Crippen LogP contribution in [-0.4, -0.2) is 23.3 Å². The molecule has 0 aliphatic rings. The molecular weight excluding hydrogens is 300 g/mol. The topological polar surface area (TPSA) is 87.6 Å². The summed E-state index contributed by atoms with van der Waals surface area (Å²) in [5.41, 5.74) is 0.925. The Labute approximate surface area is 133 Å². The van der Waals surface area contributed by atoms with Crippen LogP contribution < -0.4 is 9.47 Å². The fourth-order valence-electron chi connectivity index (χ4n) is 2.06. The molecule has 0 bridgehead atoms. The zero-order valence-corrected chi connectivity index (χ0v) is 13.2.